The average Bonchev–Trinajstić information content (AvgIpc) is 3.61. The smallest absolute Gasteiger partial charge is 0.257 e. The summed E-state index contributed by atoms with van der Waals surface area (Å²) < 4.78 is 40.3. The van der Waals surface area contributed by atoms with Crippen LogP contribution in [0.4, 0.5) is 21.5 Å². The summed E-state index contributed by atoms with van der Waals surface area (Å²) >= 11 is 6.06. The monoisotopic (exact) mass is 574 g/mol. The first-order valence-corrected chi connectivity index (χ1v) is 14.8. The van der Waals surface area contributed by atoms with Crippen LogP contribution in [0.25, 0.3) is 0 Å². The van der Waals surface area contributed by atoms with Gasteiger partial charge in [-0.2, -0.15) is 0 Å². The fourth-order valence-corrected chi connectivity index (χ4v) is 5.31. The lowest BCUT2D eigenvalue weighted by Gasteiger charge is -2.36. The molecule has 1 aromatic carbocycles. The first-order chi connectivity index (χ1) is 18.5. The molecule has 2 aromatic heterocycles. The van der Waals surface area contributed by atoms with Gasteiger partial charge in [0.1, 0.15) is 5.82 Å². The van der Waals surface area contributed by atoms with Gasteiger partial charge in [-0.05, 0) is 37.1 Å². The standard InChI is InChI=1S/C26H28ClFN6O4S/c1-39(37,38)32-21-10-18(27)9-20(11-21)31-25(35)17-8-19(29-14-17)12-24-23(28)13-22(15-30-24)33-4-6-34(7-5-33)26(36)16-2-3-16/h8-11,13-16,29,32H,2-7,12H2,1H3,(H,31,35). The number of nitrogens with one attached hydrogen (secondary N) is 3. The minimum absolute atomic E-state index is 0.155. The van der Waals surface area contributed by atoms with Crippen LogP contribution in [0.15, 0.2) is 42.7 Å². The number of nitrogens with zero attached hydrogens (tertiary/aromatic N) is 3. The van der Waals surface area contributed by atoms with Gasteiger partial charge < -0.3 is 20.1 Å². The summed E-state index contributed by atoms with van der Waals surface area (Å²) in [6.07, 6.45) is 6.27. The molecule has 0 radical (unpaired) electrons. The number of aromatic nitrogens is 2. The van der Waals surface area contributed by atoms with Crippen LogP contribution in [0.1, 0.15) is 34.6 Å². The molecular formula is C26H28ClFN6O4S. The number of anilines is 3. The SMILES string of the molecule is CS(=O)(=O)Nc1cc(Cl)cc(NC(=O)c2c[nH]c(Cc3ncc(N4CCN(C(=O)C5CC5)CC4)cc3F)c2)c1. The van der Waals surface area contributed by atoms with Crippen molar-refractivity contribution in [3.05, 3.63) is 70.5 Å². The second-order valence-electron chi connectivity index (χ2n) is 9.86. The zero-order valence-electron chi connectivity index (χ0n) is 21.2. The van der Waals surface area contributed by atoms with Crippen molar-refractivity contribution in [2.75, 3.05) is 47.4 Å². The van der Waals surface area contributed by atoms with Gasteiger partial charge in [0.05, 0.1) is 35.1 Å². The number of carbonyl (C=O) groups excluding carboxylic acids is 2. The van der Waals surface area contributed by atoms with Crippen molar-refractivity contribution in [3.63, 3.8) is 0 Å². The van der Waals surface area contributed by atoms with Gasteiger partial charge in [0.2, 0.25) is 15.9 Å². The highest BCUT2D eigenvalue weighted by molar-refractivity contribution is 7.92. The van der Waals surface area contributed by atoms with E-state index in [-0.39, 0.29) is 34.6 Å². The molecule has 0 bridgehead atoms. The van der Waals surface area contributed by atoms with Crippen LogP contribution in [0.5, 0.6) is 0 Å². The van der Waals surface area contributed by atoms with Crippen LogP contribution in [0, 0.1) is 11.7 Å². The number of carbonyl (C=O) groups is 2. The summed E-state index contributed by atoms with van der Waals surface area (Å²) in [5.74, 6) is -0.472. The molecule has 3 N–H and O–H groups in total. The fraction of sp³-hybridized carbons (Fsp3) is 0.346. The van der Waals surface area contributed by atoms with Crippen LogP contribution >= 0.6 is 11.6 Å². The number of pyridine rings is 1. The van der Waals surface area contributed by atoms with Gasteiger partial charge in [-0.3, -0.25) is 19.3 Å². The van der Waals surface area contributed by atoms with Gasteiger partial charge in [-0.1, -0.05) is 11.6 Å². The van der Waals surface area contributed by atoms with Crippen LogP contribution in [0.3, 0.4) is 0 Å². The quantitative estimate of drug-likeness (QED) is 0.378. The van der Waals surface area contributed by atoms with Crippen LogP contribution in [0.2, 0.25) is 5.02 Å². The molecule has 0 unspecified atom stereocenters. The van der Waals surface area contributed by atoms with E-state index in [4.69, 9.17) is 11.6 Å². The Bertz CT molecular complexity index is 1520. The number of piperazine rings is 1. The van der Waals surface area contributed by atoms with E-state index in [0.29, 0.717) is 48.8 Å². The van der Waals surface area contributed by atoms with Gasteiger partial charge in [0.25, 0.3) is 5.91 Å². The molecule has 1 aliphatic carbocycles. The van der Waals surface area contributed by atoms with Crippen molar-refractivity contribution in [1.82, 2.24) is 14.9 Å². The maximum Gasteiger partial charge on any atom is 0.257 e. The number of H-pyrrole nitrogens is 1. The molecule has 3 heterocycles. The molecule has 5 rings (SSSR count). The molecule has 1 saturated carbocycles. The largest absolute Gasteiger partial charge is 0.367 e. The van der Waals surface area contributed by atoms with E-state index in [1.54, 1.807) is 12.3 Å². The highest BCUT2D eigenvalue weighted by Crippen LogP contribution is 2.31. The Morgan fingerprint density at radius 2 is 1.82 bits per heavy atom. The first kappa shape index (κ1) is 26.9. The summed E-state index contributed by atoms with van der Waals surface area (Å²) in [5, 5.41) is 2.92. The highest BCUT2D eigenvalue weighted by Gasteiger charge is 2.34. The Hall–Kier alpha value is -3.64. The lowest BCUT2D eigenvalue weighted by Crippen LogP contribution is -2.49. The lowest BCUT2D eigenvalue weighted by atomic mass is 10.1. The third kappa shape index (κ3) is 6.87. The highest BCUT2D eigenvalue weighted by atomic mass is 35.5. The lowest BCUT2D eigenvalue weighted by molar-refractivity contribution is -0.132. The second kappa shape index (κ2) is 10.9. The summed E-state index contributed by atoms with van der Waals surface area (Å²) in [6, 6.07) is 7.42. The van der Waals surface area contributed by atoms with Crippen molar-refractivity contribution in [3.8, 4) is 0 Å². The fourth-order valence-electron chi connectivity index (χ4n) is 4.53. The molecule has 1 saturated heterocycles. The summed E-state index contributed by atoms with van der Waals surface area (Å²) in [7, 11) is -3.52. The molecule has 1 aliphatic heterocycles. The second-order valence-corrected chi connectivity index (χ2v) is 12.0. The van der Waals surface area contributed by atoms with E-state index in [2.05, 4.69) is 20.0 Å². The Morgan fingerprint density at radius 3 is 2.49 bits per heavy atom. The molecule has 206 valence electrons. The number of hydrogen-bond donors (Lipinski definition) is 3. The van der Waals surface area contributed by atoms with E-state index in [9.17, 15) is 22.4 Å². The predicted octanol–water partition coefficient (Wildman–Crippen LogP) is 3.48. The zero-order chi connectivity index (χ0) is 27.7. The van der Waals surface area contributed by atoms with E-state index in [1.165, 1.54) is 30.5 Å². The normalized spacial score (nSPS) is 15.8. The van der Waals surface area contributed by atoms with Gasteiger partial charge in [0, 0.05) is 67.2 Å². The van der Waals surface area contributed by atoms with Crippen molar-refractivity contribution < 1.29 is 22.4 Å². The average molecular weight is 575 g/mol. The number of halogens is 2. The molecule has 13 heteroatoms. The number of rotatable bonds is 8. The maximum absolute atomic E-state index is 14.9. The molecule has 2 fully saturated rings. The van der Waals surface area contributed by atoms with Crippen LogP contribution < -0.4 is 14.9 Å². The zero-order valence-corrected chi connectivity index (χ0v) is 22.8. The maximum atomic E-state index is 14.9. The Morgan fingerprint density at radius 1 is 1.10 bits per heavy atom. The van der Waals surface area contributed by atoms with Gasteiger partial charge >= 0.3 is 0 Å². The van der Waals surface area contributed by atoms with Gasteiger partial charge in [-0.15, -0.1) is 0 Å². The van der Waals surface area contributed by atoms with Crippen molar-refractivity contribution in [2.24, 2.45) is 5.92 Å². The minimum atomic E-state index is -3.52. The summed E-state index contributed by atoms with van der Waals surface area (Å²) in [6.45, 7) is 2.51. The van der Waals surface area contributed by atoms with Gasteiger partial charge in [0.15, 0.2) is 0 Å². The molecule has 10 nitrogen and oxygen atoms in total. The van der Waals surface area contributed by atoms with E-state index in [0.717, 1.165) is 19.1 Å². The number of sulfonamides is 1. The number of amides is 2. The third-order valence-electron chi connectivity index (χ3n) is 6.61. The minimum Gasteiger partial charge on any atom is -0.367 e. The van der Waals surface area contributed by atoms with Crippen molar-refractivity contribution in [2.45, 2.75) is 19.3 Å². The van der Waals surface area contributed by atoms with E-state index in [1.807, 2.05) is 9.80 Å². The van der Waals surface area contributed by atoms with Crippen LogP contribution in [-0.4, -0.2) is 67.5 Å². The van der Waals surface area contributed by atoms with E-state index >= 15 is 0 Å². The first-order valence-electron chi connectivity index (χ1n) is 12.5. The molecule has 2 aliphatic rings. The Balaban J connectivity index is 1.19. The van der Waals surface area contributed by atoms with Crippen molar-refractivity contribution in [1.29, 1.82) is 0 Å². The molecule has 0 spiro atoms. The molecule has 0 atom stereocenters. The number of benzene rings is 1. The third-order valence-corrected chi connectivity index (χ3v) is 7.43. The summed E-state index contributed by atoms with van der Waals surface area (Å²) in [4.78, 5) is 36.2. The predicted molar refractivity (Wildman–Crippen MR) is 147 cm³/mol. The van der Waals surface area contributed by atoms with Gasteiger partial charge in [-0.25, -0.2) is 12.8 Å². The van der Waals surface area contributed by atoms with Crippen LogP contribution in [-0.2, 0) is 21.2 Å². The molecular weight excluding hydrogens is 547 g/mol. The summed E-state index contributed by atoms with van der Waals surface area (Å²) in [5.41, 5.74) is 2.33. The van der Waals surface area contributed by atoms with E-state index < -0.39 is 21.7 Å². The molecule has 3 aromatic rings. The number of aromatic amines is 1. The number of hydrogen-bond acceptors (Lipinski definition) is 6. The Labute approximate surface area is 230 Å². The topological polar surface area (TPSA) is 128 Å². The molecule has 2 amide bonds. The Kier molecular flexibility index (Phi) is 7.50. The van der Waals surface area contributed by atoms with Crippen molar-refractivity contribution >= 4 is 50.5 Å². The molecule has 39 heavy (non-hydrogen) atoms.